The topological polar surface area (TPSA) is 101 Å². The van der Waals surface area contributed by atoms with Gasteiger partial charge in [-0.15, -0.1) is 0 Å². The Labute approximate surface area is 101 Å². The number of halogens is 1. The van der Waals surface area contributed by atoms with E-state index in [0.29, 0.717) is 10.3 Å². The molecule has 1 rings (SSSR count). The average Bonchev–Trinajstić information content (AvgIpc) is 2.10. The minimum Gasteiger partial charge on any atom is -0.370 e. The molecule has 0 aliphatic rings. The van der Waals surface area contributed by atoms with Crippen LogP contribution < -0.4 is 16.6 Å². The van der Waals surface area contributed by atoms with E-state index in [2.05, 4.69) is 31.2 Å². The molecule has 0 aliphatic carbocycles. The summed E-state index contributed by atoms with van der Waals surface area (Å²) < 4.78 is 0.299. The molecular weight excluding hydrogens is 276 g/mol. The molecule has 4 N–H and O–H groups in total. The Bertz CT molecular complexity index is 455. The summed E-state index contributed by atoms with van der Waals surface area (Å²) in [5, 5.41) is 2.98. The third-order valence-corrected chi connectivity index (χ3v) is 2.61. The van der Waals surface area contributed by atoms with Gasteiger partial charge in [0.2, 0.25) is 5.91 Å². The largest absolute Gasteiger partial charge is 0.370 e. The van der Waals surface area contributed by atoms with Crippen molar-refractivity contribution >= 4 is 27.7 Å². The summed E-state index contributed by atoms with van der Waals surface area (Å²) in [6.45, 7) is 3.60. The summed E-state index contributed by atoms with van der Waals surface area (Å²) in [6, 6.07) is 0. The smallest absolute Gasteiger partial charge is 0.267 e. The summed E-state index contributed by atoms with van der Waals surface area (Å²) in [5.41, 5.74) is 4.28. The van der Waals surface area contributed by atoms with Crippen LogP contribution in [0.25, 0.3) is 0 Å². The molecule has 1 heterocycles. The van der Waals surface area contributed by atoms with Gasteiger partial charge >= 0.3 is 0 Å². The Balaban J connectivity index is 2.92. The maximum absolute atomic E-state index is 11.3. The first-order valence-corrected chi connectivity index (χ1v) is 5.41. The summed E-state index contributed by atoms with van der Waals surface area (Å²) in [5.74, 6) is -0.0338. The van der Waals surface area contributed by atoms with E-state index < -0.39 is 11.4 Å². The Morgan fingerprint density at radius 2 is 2.31 bits per heavy atom. The van der Waals surface area contributed by atoms with Crippen molar-refractivity contribution in [1.29, 1.82) is 0 Å². The molecule has 0 saturated carbocycles. The number of hydrogen-bond donors (Lipinski definition) is 3. The highest BCUT2D eigenvalue weighted by Crippen LogP contribution is 2.20. The van der Waals surface area contributed by atoms with E-state index in [1.165, 1.54) is 6.33 Å². The number of aromatic nitrogens is 2. The van der Waals surface area contributed by atoms with Gasteiger partial charge in [0.15, 0.2) is 0 Å². The zero-order valence-corrected chi connectivity index (χ0v) is 10.6. The molecule has 0 saturated heterocycles. The summed E-state index contributed by atoms with van der Waals surface area (Å²) in [6.07, 6.45) is 1.43. The Morgan fingerprint density at radius 1 is 1.69 bits per heavy atom. The third kappa shape index (κ3) is 3.34. The summed E-state index contributed by atoms with van der Waals surface area (Å²) >= 11 is 3.11. The number of nitrogens with one attached hydrogen (secondary N) is 2. The van der Waals surface area contributed by atoms with Crippen molar-refractivity contribution in [3.8, 4) is 0 Å². The van der Waals surface area contributed by atoms with Crippen LogP contribution >= 0.6 is 15.9 Å². The monoisotopic (exact) mass is 288 g/mol. The van der Waals surface area contributed by atoms with Crippen molar-refractivity contribution in [3.05, 3.63) is 21.2 Å². The highest BCUT2D eigenvalue weighted by molar-refractivity contribution is 9.10. The van der Waals surface area contributed by atoms with Gasteiger partial charge in [-0.05, 0) is 29.8 Å². The molecule has 0 fully saturated rings. The molecule has 0 radical (unpaired) electrons. The van der Waals surface area contributed by atoms with Gasteiger partial charge in [-0.2, -0.15) is 0 Å². The van der Waals surface area contributed by atoms with Gasteiger partial charge in [0.25, 0.3) is 5.56 Å². The maximum Gasteiger partial charge on any atom is 0.267 e. The van der Waals surface area contributed by atoms with Crippen molar-refractivity contribution in [2.45, 2.75) is 25.8 Å². The summed E-state index contributed by atoms with van der Waals surface area (Å²) in [4.78, 5) is 28.5. The maximum atomic E-state index is 11.3. The fourth-order valence-corrected chi connectivity index (χ4v) is 1.59. The molecule has 7 heteroatoms. The second-order valence-electron chi connectivity index (χ2n) is 4.05. The van der Waals surface area contributed by atoms with Gasteiger partial charge in [-0.3, -0.25) is 9.59 Å². The predicted octanol–water partition coefficient (Wildman–Crippen LogP) is 0.598. The number of carbonyl (C=O) groups excluding carboxylic acids is 1. The van der Waals surface area contributed by atoms with E-state index in [1.807, 2.05) is 0 Å². The number of anilines is 1. The lowest BCUT2D eigenvalue weighted by atomic mass is 10.0. The number of hydrogen-bond acceptors (Lipinski definition) is 4. The number of rotatable bonds is 4. The number of primary amides is 1. The predicted molar refractivity (Wildman–Crippen MR) is 64.1 cm³/mol. The van der Waals surface area contributed by atoms with Crippen LogP contribution in [0.1, 0.15) is 20.3 Å². The molecule has 0 aromatic carbocycles. The number of nitrogens with two attached hydrogens (primary N) is 1. The first-order valence-electron chi connectivity index (χ1n) is 4.61. The van der Waals surface area contributed by atoms with Gasteiger partial charge < -0.3 is 16.0 Å². The lowest BCUT2D eigenvalue weighted by Gasteiger charge is -2.25. The lowest BCUT2D eigenvalue weighted by molar-refractivity contribution is -0.118. The first-order chi connectivity index (χ1) is 7.32. The van der Waals surface area contributed by atoms with E-state index >= 15 is 0 Å². The fraction of sp³-hybridized carbons (Fsp3) is 0.444. The second-order valence-corrected chi connectivity index (χ2v) is 4.84. The van der Waals surface area contributed by atoms with Crippen LogP contribution in [0, 0.1) is 0 Å². The van der Waals surface area contributed by atoms with E-state index in [1.54, 1.807) is 13.8 Å². The Morgan fingerprint density at radius 3 is 2.88 bits per heavy atom. The van der Waals surface area contributed by atoms with E-state index in [0.717, 1.165) is 0 Å². The highest BCUT2D eigenvalue weighted by Gasteiger charge is 2.22. The van der Waals surface area contributed by atoms with Gasteiger partial charge in [-0.25, -0.2) is 4.98 Å². The van der Waals surface area contributed by atoms with E-state index in [9.17, 15) is 9.59 Å². The SMILES string of the molecule is CC(C)(CC(N)=O)Nc1nc[nH]c(=O)c1Br. The van der Waals surface area contributed by atoms with Crippen molar-refractivity contribution < 1.29 is 4.79 Å². The molecule has 0 atom stereocenters. The van der Waals surface area contributed by atoms with E-state index in [4.69, 9.17) is 5.73 Å². The number of carbonyl (C=O) groups is 1. The Hall–Kier alpha value is -1.37. The molecule has 16 heavy (non-hydrogen) atoms. The number of H-pyrrole nitrogens is 1. The van der Waals surface area contributed by atoms with Crippen LogP contribution in [0.5, 0.6) is 0 Å². The molecule has 0 unspecified atom stereocenters. The molecule has 88 valence electrons. The minimum absolute atomic E-state index is 0.147. The van der Waals surface area contributed by atoms with Crippen LogP contribution in [0.4, 0.5) is 5.82 Å². The first kappa shape index (κ1) is 12.7. The number of aromatic amines is 1. The van der Waals surface area contributed by atoms with Crippen molar-refractivity contribution in [2.24, 2.45) is 5.73 Å². The number of nitrogens with zero attached hydrogens (tertiary/aromatic N) is 1. The molecule has 0 bridgehead atoms. The van der Waals surface area contributed by atoms with Gasteiger partial charge in [0, 0.05) is 12.0 Å². The van der Waals surface area contributed by atoms with Gasteiger partial charge in [-0.1, -0.05) is 0 Å². The van der Waals surface area contributed by atoms with Crippen LogP contribution in [-0.4, -0.2) is 21.4 Å². The zero-order valence-electron chi connectivity index (χ0n) is 9.00. The third-order valence-electron chi connectivity index (χ3n) is 1.87. The summed E-state index contributed by atoms with van der Waals surface area (Å²) in [7, 11) is 0. The molecular formula is C9H13BrN4O2. The van der Waals surface area contributed by atoms with Crippen LogP contribution in [0.2, 0.25) is 0 Å². The molecule has 0 spiro atoms. The minimum atomic E-state index is -0.560. The number of amides is 1. The van der Waals surface area contributed by atoms with Crippen molar-refractivity contribution in [2.75, 3.05) is 5.32 Å². The average molecular weight is 289 g/mol. The van der Waals surface area contributed by atoms with Crippen molar-refractivity contribution in [3.63, 3.8) is 0 Å². The zero-order chi connectivity index (χ0) is 12.3. The van der Waals surface area contributed by atoms with E-state index in [-0.39, 0.29) is 12.0 Å². The second kappa shape index (κ2) is 4.65. The van der Waals surface area contributed by atoms with Crippen LogP contribution in [0.3, 0.4) is 0 Å². The standard InChI is InChI=1S/C9H13BrN4O2/c1-9(2,3-5(11)15)14-7-6(10)8(16)13-4-12-7/h4H,3H2,1-2H3,(H2,11,15)(H2,12,13,14,16). The van der Waals surface area contributed by atoms with Gasteiger partial charge in [0.05, 0.1) is 6.33 Å². The van der Waals surface area contributed by atoms with Crippen LogP contribution in [0.15, 0.2) is 15.6 Å². The molecule has 1 amide bonds. The highest BCUT2D eigenvalue weighted by atomic mass is 79.9. The molecule has 6 nitrogen and oxygen atoms in total. The molecule has 0 aliphatic heterocycles. The molecule has 1 aromatic heterocycles. The molecule has 1 aromatic rings. The van der Waals surface area contributed by atoms with Gasteiger partial charge in [0.1, 0.15) is 10.3 Å². The Kier molecular flexibility index (Phi) is 3.69. The van der Waals surface area contributed by atoms with Crippen LogP contribution in [-0.2, 0) is 4.79 Å². The lowest BCUT2D eigenvalue weighted by Crippen LogP contribution is -2.37. The fourth-order valence-electron chi connectivity index (χ4n) is 1.27. The normalized spacial score (nSPS) is 11.2. The van der Waals surface area contributed by atoms with Crippen molar-refractivity contribution in [1.82, 2.24) is 9.97 Å². The quantitative estimate of drug-likeness (QED) is 0.755.